The number of nitrogens with one attached hydrogen (secondary N) is 2. The van der Waals surface area contributed by atoms with Crippen LogP contribution in [0.25, 0.3) is 11.0 Å². The SMILES string of the molecule is Cn1nc(NC(=O)Cn2cnc3ccccc32)c2c1NC(=O)C[C@H]2c1ccco1. The van der Waals surface area contributed by atoms with E-state index in [0.717, 1.165) is 16.6 Å². The molecule has 29 heavy (non-hydrogen) atoms. The van der Waals surface area contributed by atoms with E-state index in [9.17, 15) is 9.59 Å². The molecule has 2 N–H and O–H groups in total. The molecule has 9 nitrogen and oxygen atoms in total. The number of furan rings is 1. The lowest BCUT2D eigenvalue weighted by Gasteiger charge is -2.22. The summed E-state index contributed by atoms with van der Waals surface area (Å²) in [7, 11) is 1.72. The maximum Gasteiger partial charge on any atom is 0.245 e. The number of hydrogen-bond acceptors (Lipinski definition) is 5. The summed E-state index contributed by atoms with van der Waals surface area (Å²) in [6.45, 7) is 0.101. The lowest BCUT2D eigenvalue weighted by Crippen LogP contribution is -2.25. The van der Waals surface area contributed by atoms with Crippen LogP contribution in [0.3, 0.4) is 0 Å². The van der Waals surface area contributed by atoms with Crippen molar-refractivity contribution in [3.8, 4) is 0 Å². The number of aryl methyl sites for hydroxylation is 1. The second-order valence-electron chi connectivity index (χ2n) is 6.96. The average molecular weight is 390 g/mol. The summed E-state index contributed by atoms with van der Waals surface area (Å²) in [6.07, 6.45) is 3.44. The second-order valence-corrected chi connectivity index (χ2v) is 6.96. The van der Waals surface area contributed by atoms with E-state index in [2.05, 4.69) is 20.7 Å². The maximum absolute atomic E-state index is 12.8. The lowest BCUT2D eigenvalue weighted by atomic mass is 9.91. The first-order valence-electron chi connectivity index (χ1n) is 9.20. The summed E-state index contributed by atoms with van der Waals surface area (Å²) in [5, 5.41) is 10.1. The zero-order valence-corrected chi connectivity index (χ0v) is 15.6. The number of aromatic nitrogens is 4. The molecule has 2 amide bonds. The van der Waals surface area contributed by atoms with Gasteiger partial charge in [0.2, 0.25) is 11.8 Å². The van der Waals surface area contributed by atoms with Gasteiger partial charge in [0.1, 0.15) is 18.1 Å². The molecule has 0 radical (unpaired) electrons. The Morgan fingerprint density at radius 1 is 1.31 bits per heavy atom. The van der Waals surface area contributed by atoms with E-state index in [-0.39, 0.29) is 30.7 Å². The molecule has 0 saturated carbocycles. The van der Waals surface area contributed by atoms with Gasteiger partial charge in [-0.3, -0.25) is 14.3 Å². The fourth-order valence-corrected chi connectivity index (χ4v) is 3.78. The minimum atomic E-state index is -0.313. The van der Waals surface area contributed by atoms with Gasteiger partial charge in [-0.2, -0.15) is 5.10 Å². The fourth-order valence-electron chi connectivity index (χ4n) is 3.78. The van der Waals surface area contributed by atoms with Gasteiger partial charge < -0.3 is 19.6 Å². The summed E-state index contributed by atoms with van der Waals surface area (Å²) in [5.41, 5.74) is 2.45. The molecule has 1 aromatic carbocycles. The van der Waals surface area contributed by atoms with E-state index in [1.54, 1.807) is 35.0 Å². The molecule has 4 aromatic rings. The van der Waals surface area contributed by atoms with Crippen LogP contribution in [0.15, 0.2) is 53.4 Å². The van der Waals surface area contributed by atoms with Gasteiger partial charge in [-0.15, -0.1) is 0 Å². The average Bonchev–Trinajstić information content (AvgIpc) is 3.43. The van der Waals surface area contributed by atoms with Gasteiger partial charge in [0, 0.05) is 13.5 Å². The van der Waals surface area contributed by atoms with Gasteiger partial charge in [-0.05, 0) is 24.3 Å². The topological polar surface area (TPSA) is 107 Å². The standard InChI is InChI=1S/C20H18N6O3/c1-25-20-18(12(9-16(27)23-20)15-7-4-8-29-15)19(24-25)22-17(28)10-26-11-21-13-5-2-3-6-14(13)26/h2-8,11-12H,9-10H2,1H3,(H,23,27)(H,22,24,28)/t12-/m0/s1. The van der Waals surface area contributed by atoms with Gasteiger partial charge >= 0.3 is 0 Å². The molecule has 1 aliphatic heterocycles. The minimum absolute atomic E-state index is 0.101. The van der Waals surface area contributed by atoms with Crippen molar-refractivity contribution in [1.29, 1.82) is 0 Å². The van der Waals surface area contributed by atoms with Gasteiger partial charge in [0.15, 0.2) is 5.82 Å². The Bertz CT molecular complexity index is 1220. The lowest BCUT2D eigenvalue weighted by molar-refractivity contribution is -0.117. The Morgan fingerprint density at radius 2 is 2.17 bits per heavy atom. The van der Waals surface area contributed by atoms with E-state index >= 15 is 0 Å². The van der Waals surface area contributed by atoms with Crippen LogP contribution in [0.5, 0.6) is 0 Å². The number of rotatable bonds is 4. The van der Waals surface area contributed by atoms with E-state index in [1.165, 1.54) is 0 Å². The first kappa shape index (κ1) is 17.2. The smallest absolute Gasteiger partial charge is 0.245 e. The van der Waals surface area contributed by atoms with Gasteiger partial charge in [0.05, 0.1) is 35.1 Å². The highest BCUT2D eigenvalue weighted by Crippen LogP contribution is 2.41. The van der Waals surface area contributed by atoms with Crippen LogP contribution < -0.4 is 10.6 Å². The van der Waals surface area contributed by atoms with Gasteiger partial charge in [-0.25, -0.2) is 4.98 Å². The number of imidazole rings is 1. The first-order valence-corrected chi connectivity index (χ1v) is 9.20. The van der Waals surface area contributed by atoms with Gasteiger partial charge in [-0.1, -0.05) is 12.1 Å². The molecule has 9 heteroatoms. The van der Waals surface area contributed by atoms with Gasteiger partial charge in [0.25, 0.3) is 0 Å². The van der Waals surface area contributed by atoms with Crippen molar-refractivity contribution in [2.75, 3.05) is 10.6 Å². The molecule has 1 aliphatic rings. The normalized spacial score (nSPS) is 15.9. The number of fused-ring (bicyclic) bond motifs is 2. The van der Waals surface area contributed by atoms with Crippen molar-refractivity contribution in [2.24, 2.45) is 7.05 Å². The van der Waals surface area contributed by atoms with Crippen LogP contribution in [0.2, 0.25) is 0 Å². The van der Waals surface area contributed by atoms with E-state index in [0.29, 0.717) is 17.4 Å². The summed E-state index contributed by atoms with van der Waals surface area (Å²) >= 11 is 0. The molecule has 0 aliphatic carbocycles. The summed E-state index contributed by atoms with van der Waals surface area (Å²) in [5.74, 6) is 0.968. The Hall–Kier alpha value is -3.88. The number of benzene rings is 1. The summed E-state index contributed by atoms with van der Waals surface area (Å²) in [6, 6.07) is 11.2. The minimum Gasteiger partial charge on any atom is -0.469 e. The zero-order chi connectivity index (χ0) is 20.0. The highest BCUT2D eigenvalue weighted by molar-refractivity contribution is 5.98. The molecule has 0 spiro atoms. The maximum atomic E-state index is 12.8. The number of nitrogens with zero attached hydrogens (tertiary/aromatic N) is 4. The summed E-state index contributed by atoms with van der Waals surface area (Å²) in [4.78, 5) is 29.2. The molecule has 0 saturated heterocycles. The molecule has 1 atom stereocenters. The molecular formula is C20H18N6O3. The van der Waals surface area contributed by atoms with Crippen molar-refractivity contribution in [1.82, 2.24) is 19.3 Å². The first-order chi connectivity index (χ1) is 14.1. The Morgan fingerprint density at radius 3 is 3.00 bits per heavy atom. The largest absolute Gasteiger partial charge is 0.469 e. The van der Waals surface area contributed by atoms with Crippen molar-refractivity contribution in [3.63, 3.8) is 0 Å². The van der Waals surface area contributed by atoms with Crippen molar-refractivity contribution < 1.29 is 14.0 Å². The number of carbonyl (C=O) groups excluding carboxylic acids is 2. The van der Waals surface area contributed by atoms with E-state index < -0.39 is 0 Å². The third-order valence-electron chi connectivity index (χ3n) is 5.07. The van der Waals surface area contributed by atoms with Crippen molar-refractivity contribution in [3.05, 3.63) is 60.3 Å². The molecule has 0 bridgehead atoms. The third kappa shape index (κ3) is 2.96. The molecular weight excluding hydrogens is 372 g/mol. The summed E-state index contributed by atoms with van der Waals surface area (Å²) < 4.78 is 8.88. The second kappa shape index (κ2) is 6.62. The van der Waals surface area contributed by atoms with Crippen LogP contribution in [0, 0.1) is 0 Å². The van der Waals surface area contributed by atoms with Crippen molar-refractivity contribution >= 4 is 34.5 Å². The third-order valence-corrected chi connectivity index (χ3v) is 5.07. The van der Waals surface area contributed by atoms with Crippen LogP contribution in [-0.2, 0) is 23.2 Å². The molecule has 5 rings (SSSR count). The Balaban J connectivity index is 1.45. The number of hydrogen-bond donors (Lipinski definition) is 2. The number of para-hydroxylation sites is 2. The van der Waals surface area contributed by atoms with E-state index in [1.807, 2.05) is 30.3 Å². The van der Waals surface area contributed by atoms with Crippen LogP contribution in [0.4, 0.5) is 11.6 Å². The van der Waals surface area contributed by atoms with Crippen LogP contribution >= 0.6 is 0 Å². The number of anilines is 2. The number of carbonyl (C=O) groups is 2. The predicted molar refractivity (Wildman–Crippen MR) is 105 cm³/mol. The zero-order valence-electron chi connectivity index (χ0n) is 15.6. The quantitative estimate of drug-likeness (QED) is 0.557. The Labute approximate surface area is 165 Å². The predicted octanol–water partition coefficient (Wildman–Crippen LogP) is 2.48. The fraction of sp³-hybridized carbons (Fsp3) is 0.200. The van der Waals surface area contributed by atoms with Crippen LogP contribution in [0.1, 0.15) is 23.7 Å². The molecule has 4 heterocycles. The van der Waals surface area contributed by atoms with Crippen molar-refractivity contribution in [2.45, 2.75) is 18.9 Å². The molecule has 0 unspecified atom stereocenters. The number of amides is 2. The van der Waals surface area contributed by atoms with E-state index in [4.69, 9.17) is 4.42 Å². The highest BCUT2D eigenvalue weighted by Gasteiger charge is 2.35. The van der Waals surface area contributed by atoms with Crippen LogP contribution in [-0.4, -0.2) is 31.1 Å². The monoisotopic (exact) mass is 390 g/mol. The molecule has 0 fully saturated rings. The Kier molecular flexibility index (Phi) is 3.94. The molecule has 146 valence electrons. The highest BCUT2D eigenvalue weighted by atomic mass is 16.3. The molecule has 3 aromatic heterocycles.